The second-order valence-electron chi connectivity index (χ2n) is 8.72. The Balaban J connectivity index is 1.53. The van der Waals surface area contributed by atoms with Crippen LogP contribution in [0.4, 0.5) is 0 Å². The average Bonchev–Trinajstić information content (AvgIpc) is 2.72. The number of hydrogen-bond acceptors (Lipinski definition) is 3. The average molecular weight is 377 g/mol. The van der Waals surface area contributed by atoms with Crippen LogP contribution in [0, 0.1) is 5.92 Å². The summed E-state index contributed by atoms with van der Waals surface area (Å²) in [7, 11) is 3.98. The van der Waals surface area contributed by atoms with Crippen LogP contribution >= 0.6 is 0 Å². The molecule has 0 saturated carbocycles. The van der Waals surface area contributed by atoms with Crippen LogP contribution in [0.2, 0.25) is 0 Å². The number of benzene rings is 2. The molecule has 4 heteroatoms. The molecule has 0 spiro atoms. The van der Waals surface area contributed by atoms with Gasteiger partial charge in [-0.25, -0.2) is 0 Å². The molecule has 2 aromatic carbocycles. The minimum absolute atomic E-state index is 0.0381. The number of rotatable bonds is 3. The zero-order chi connectivity index (χ0) is 19.3. The van der Waals surface area contributed by atoms with Gasteiger partial charge in [-0.05, 0) is 55.3 Å². The van der Waals surface area contributed by atoms with Crippen LogP contribution in [0.25, 0.3) is 0 Å². The van der Waals surface area contributed by atoms with Crippen molar-refractivity contribution in [2.75, 3.05) is 27.2 Å². The number of nitrogens with zero attached hydrogens (tertiary/aromatic N) is 2. The summed E-state index contributed by atoms with van der Waals surface area (Å²) in [4.78, 5) is 17.9. The van der Waals surface area contributed by atoms with Crippen LogP contribution in [0.15, 0.2) is 48.5 Å². The van der Waals surface area contributed by atoms with E-state index >= 15 is 0 Å². The molecule has 0 N–H and O–H groups in total. The zero-order valence-corrected chi connectivity index (χ0v) is 16.7. The number of carbonyl (C=O) groups excluding carboxylic acids is 1. The van der Waals surface area contributed by atoms with Gasteiger partial charge in [-0.1, -0.05) is 36.4 Å². The zero-order valence-electron chi connectivity index (χ0n) is 16.7. The maximum absolute atomic E-state index is 13.3. The Kier molecular flexibility index (Phi) is 4.20. The van der Waals surface area contributed by atoms with Crippen molar-refractivity contribution in [3.05, 3.63) is 65.2 Å². The molecule has 0 aromatic heterocycles. The summed E-state index contributed by atoms with van der Waals surface area (Å²) in [5.41, 5.74) is 3.94. The summed E-state index contributed by atoms with van der Waals surface area (Å²) in [6.07, 6.45) is 2.74. The first-order valence-electron chi connectivity index (χ1n) is 10.3. The molecule has 2 bridgehead atoms. The minimum Gasteiger partial charge on any atom is -0.497 e. The van der Waals surface area contributed by atoms with E-state index in [9.17, 15) is 4.79 Å². The molecule has 2 saturated heterocycles. The number of hydrogen-bond donors (Lipinski definition) is 0. The van der Waals surface area contributed by atoms with Crippen LogP contribution in [0.1, 0.15) is 29.5 Å². The summed E-state index contributed by atoms with van der Waals surface area (Å²) in [5.74, 6) is 1.68. The lowest BCUT2D eigenvalue weighted by Crippen LogP contribution is -2.65. The van der Waals surface area contributed by atoms with Crippen molar-refractivity contribution < 1.29 is 9.53 Å². The Morgan fingerprint density at radius 3 is 2.79 bits per heavy atom. The Morgan fingerprint density at radius 1 is 1.18 bits per heavy atom. The molecule has 2 heterocycles. The molecule has 3 aliphatic rings. The fraction of sp³-hybridized carbons (Fsp3) is 0.458. The molecule has 1 aliphatic carbocycles. The third-order valence-electron chi connectivity index (χ3n) is 7.39. The van der Waals surface area contributed by atoms with Gasteiger partial charge in [0, 0.05) is 36.9 Å². The van der Waals surface area contributed by atoms with Crippen molar-refractivity contribution in [3.63, 3.8) is 0 Å². The van der Waals surface area contributed by atoms with Gasteiger partial charge in [0.2, 0.25) is 5.91 Å². The topological polar surface area (TPSA) is 32.8 Å². The van der Waals surface area contributed by atoms with Crippen molar-refractivity contribution in [1.82, 2.24) is 9.80 Å². The lowest BCUT2D eigenvalue weighted by Gasteiger charge is -2.59. The Labute approximate surface area is 167 Å². The third-order valence-corrected chi connectivity index (χ3v) is 7.39. The van der Waals surface area contributed by atoms with Crippen molar-refractivity contribution in [2.45, 2.75) is 37.3 Å². The van der Waals surface area contributed by atoms with Crippen molar-refractivity contribution >= 4 is 5.91 Å². The first kappa shape index (κ1) is 17.7. The predicted octanol–water partition coefficient (Wildman–Crippen LogP) is 3.24. The van der Waals surface area contributed by atoms with Crippen LogP contribution in [0.5, 0.6) is 5.75 Å². The molecule has 0 radical (unpaired) electrons. The normalized spacial score (nSPS) is 29.2. The third kappa shape index (κ3) is 2.66. The highest BCUT2D eigenvalue weighted by Gasteiger charge is 2.56. The van der Waals surface area contributed by atoms with E-state index in [-0.39, 0.29) is 5.41 Å². The van der Waals surface area contributed by atoms with Gasteiger partial charge in [-0.15, -0.1) is 0 Å². The first-order chi connectivity index (χ1) is 13.6. The number of piperidine rings is 2. The summed E-state index contributed by atoms with van der Waals surface area (Å²) in [6, 6.07) is 17.4. The fourth-order valence-electron chi connectivity index (χ4n) is 5.87. The van der Waals surface area contributed by atoms with Crippen LogP contribution < -0.4 is 4.74 Å². The van der Waals surface area contributed by atoms with E-state index in [4.69, 9.17) is 4.74 Å². The maximum atomic E-state index is 13.3. The van der Waals surface area contributed by atoms with E-state index in [1.54, 1.807) is 7.11 Å². The standard InChI is InChI=1S/C24H28N2O2/c1-25-11-10-24-14-23(27)26(15-17-6-4-3-5-7-17)16-21(24)22(25)12-18-8-9-19(28-2)13-20(18)24/h3-9,13,21-22H,10-12,14-16H2,1-2H3/t21-,22+,24+/m0/s1. The van der Waals surface area contributed by atoms with Gasteiger partial charge in [0.15, 0.2) is 0 Å². The van der Waals surface area contributed by atoms with Gasteiger partial charge in [-0.3, -0.25) is 4.79 Å². The number of amides is 1. The summed E-state index contributed by atoms with van der Waals surface area (Å²) in [5, 5.41) is 0. The molecule has 2 fully saturated rings. The molecule has 4 nitrogen and oxygen atoms in total. The molecule has 2 aliphatic heterocycles. The molecule has 28 heavy (non-hydrogen) atoms. The van der Waals surface area contributed by atoms with E-state index in [0.717, 1.165) is 31.7 Å². The van der Waals surface area contributed by atoms with E-state index in [0.29, 0.717) is 30.8 Å². The smallest absolute Gasteiger partial charge is 0.223 e. The highest BCUT2D eigenvalue weighted by atomic mass is 16.5. The molecule has 3 atom stereocenters. The van der Waals surface area contributed by atoms with Gasteiger partial charge < -0.3 is 14.5 Å². The van der Waals surface area contributed by atoms with Gasteiger partial charge in [0.25, 0.3) is 0 Å². The van der Waals surface area contributed by atoms with E-state index in [1.807, 2.05) is 6.07 Å². The molecule has 2 aromatic rings. The van der Waals surface area contributed by atoms with Crippen LogP contribution in [-0.4, -0.2) is 49.0 Å². The molecule has 1 amide bonds. The number of ether oxygens (including phenoxy) is 1. The second kappa shape index (κ2) is 6.63. The highest BCUT2D eigenvalue weighted by Crippen LogP contribution is 2.53. The predicted molar refractivity (Wildman–Crippen MR) is 109 cm³/mol. The van der Waals surface area contributed by atoms with E-state index in [1.165, 1.54) is 16.7 Å². The quantitative estimate of drug-likeness (QED) is 0.824. The highest BCUT2D eigenvalue weighted by molar-refractivity contribution is 5.80. The molecule has 0 unspecified atom stereocenters. The SMILES string of the molecule is COc1ccc2c(c1)[C@]13CCN(C)[C@H](C2)[C@@H]1CN(Cc1ccccc1)C(=O)C3. The summed E-state index contributed by atoms with van der Waals surface area (Å²) in [6.45, 7) is 2.62. The van der Waals surface area contributed by atoms with E-state index < -0.39 is 0 Å². The maximum Gasteiger partial charge on any atom is 0.223 e. The van der Waals surface area contributed by atoms with Gasteiger partial charge >= 0.3 is 0 Å². The molecular weight excluding hydrogens is 348 g/mol. The lowest BCUT2D eigenvalue weighted by atomic mass is 9.54. The molecule has 5 rings (SSSR count). The number of methoxy groups -OCH3 is 1. The molecule has 146 valence electrons. The van der Waals surface area contributed by atoms with Gasteiger partial charge in [-0.2, -0.15) is 0 Å². The van der Waals surface area contributed by atoms with E-state index in [2.05, 4.69) is 59.3 Å². The van der Waals surface area contributed by atoms with Gasteiger partial charge in [0.05, 0.1) is 7.11 Å². The van der Waals surface area contributed by atoms with Crippen molar-refractivity contribution in [2.24, 2.45) is 5.92 Å². The monoisotopic (exact) mass is 376 g/mol. The number of fused-ring (bicyclic) bond motifs is 1. The second-order valence-corrected chi connectivity index (χ2v) is 8.72. The van der Waals surface area contributed by atoms with Crippen LogP contribution in [0.3, 0.4) is 0 Å². The Bertz CT molecular complexity index is 897. The summed E-state index contributed by atoms with van der Waals surface area (Å²) < 4.78 is 5.54. The summed E-state index contributed by atoms with van der Waals surface area (Å²) >= 11 is 0. The number of likely N-dealkylation sites (tertiary alicyclic amines) is 2. The molecular formula is C24H28N2O2. The Hall–Kier alpha value is -2.33. The van der Waals surface area contributed by atoms with Gasteiger partial charge in [0.1, 0.15) is 5.75 Å². The van der Waals surface area contributed by atoms with Crippen LogP contribution in [-0.2, 0) is 23.2 Å². The number of likely N-dealkylation sites (N-methyl/N-ethyl adjacent to an activating group) is 1. The largest absolute Gasteiger partial charge is 0.497 e. The lowest BCUT2D eigenvalue weighted by molar-refractivity contribution is -0.144. The minimum atomic E-state index is -0.0381. The Morgan fingerprint density at radius 2 is 2.00 bits per heavy atom. The first-order valence-corrected chi connectivity index (χ1v) is 10.3. The van der Waals surface area contributed by atoms with Crippen molar-refractivity contribution in [1.29, 1.82) is 0 Å². The number of carbonyl (C=O) groups is 1. The fourth-order valence-corrected chi connectivity index (χ4v) is 5.87. The van der Waals surface area contributed by atoms with Crippen molar-refractivity contribution in [3.8, 4) is 5.75 Å².